The number of hydrogen-bond acceptors (Lipinski definition) is 3. The molecule has 24 heavy (non-hydrogen) atoms. The van der Waals surface area contributed by atoms with E-state index in [1.165, 1.54) is 0 Å². The molecule has 0 bridgehead atoms. The molecule has 0 radical (unpaired) electrons. The topological polar surface area (TPSA) is 26.8 Å². The third-order valence-corrected chi connectivity index (χ3v) is 5.71. The van der Waals surface area contributed by atoms with Gasteiger partial charge in [-0.2, -0.15) is 0 Å². The number of hydrogen-bond donors (Lipinski definition) is 0. The fourth-order valence-corrected chi connectivity index (χ4v) is 4.01. The van der Waals surface area contributed by atoms with Crippen LogP contribution in [-0.4, -0.2) is 66.4 Å². The Morgan fingerprint density at radius 1 is 1.12 bits per heavy atom. The van der Waals surface area contributed by atoms with Gasteiger partial charge in [-0.15, -0.1) is 0 Å². The van der Waals surface area contributed by atoms with Gasteiger partial charge >= 0.3 is 0 Å². The van der Waals surface area contributed by atoms with E-state index < -0.39 is 0 Å². The minimum Gasteiger partial charge on any atom is -0.340 e. The molecular weight excluding hydrogens is 322 g/mol. The molecule has 0 saturated carbocycles. The first-order valence-corrected chi connectivity index (χ1v) is 9.52. The van der Waals surface area contributed by atoms with Crippen molar-refractivity contribution in [2.75, 3.05) is 45.8 Å². The minimum absolute atomic E-state index is 0.148. The van der Waals surface area contributed by atoms with Crippen LogP contribution in [0, 0.1) is 5.92 Å². The van der Waals surface area contributed by atoms with E-state index in [9.17, 15) is 4.79 Å². The van der Waals surface area contributed by atoms with Crippen molar-refractivity contribution in [1.82, 2.24) is 14.7 Å². The number of benzene rings is 1. The summed E-state index contributed by atoms with van der Waals surface area (Å²) in [5.74, 6) is 0.504. The second-order valence-corrected chi connectivity index (χ2v) is 7.33. The maximum absolute atomic E-state index is 12.9. The summed E-state index contributed by atoms with van der Waals surface area (Å²) in [6, 6.07) is 8.01. The summed E-state index contributed by atoms with van der Waals surface area (Å²) in [5.41, 5.74) is 1.16. The highest BCUT2D eigenvalue weighted by Crippen LogP contribution is 2.23. The van der Waals surface area contributed by atoms with Crippen LogP contribution in [0.1, 0.15) is 25.3 Å². The van der Waals surface area contributed by atoms with Crippen LogP contribution in [0.3, 0.4) is 0 Å². The molecule has 0 aliphatic carbocycles. The molecule has 2 aliphatic heterocycles. The number of piperazine rings is 1. The number of carbonyl (C=O) groups excluding carboxylic acids is 1. The molecule has 0 spiro atoms. The second-order valence-electron chi connectivity index (χ2n) is 6.93. The number of amides is 1. The van der Waals surface area contributed by atoms with Crippen molar-refractivity contribution in [3.05, 3.63) is 34.9 Å². The molecule has 1 amide bonds. The van der Waals surface area contributed by atoms with E-state index in [1.54, 1.807) is 0 Å². The first-order chi connectivity index (χ1) is 11.7. The van der Waals surface area contributed by atoms with Crippen LogP contribution < -0.4 is 0 Å². The van der Waals surface area contributed by atoms with Gasteiger partial charge in [0.15, 0.2) is 0 Å². The molecule has 1 unspecified atom stereocenters. The molecule has 2 heterocycles. The molecule has 3 rings (SSSR count). The third-order valence-electron chi connectivity index (χ3n) is 5.34. The van der Waals surface area contributed by atoms with Gasteiger partial charge in [-0.3, -0.25) is 9.69 Å². The molecule has 0 N–H and O–H groups in total. The van der Waals surface area contributed by atoms with Gasteiger partial charge in [0, 0.05) is 44.3 Å². The fraction of sp³-hybridized carbons (Fsp3) is 0.632. The van der Waals surface area contributed by atoms with Gasteiger partial charge in [0.2, 0.25) is 5.91 Å². The zero-order valence-electron chi connectivity index (χ0n) is 14.6. The Balaban J connectivity index is 1.55. The van der Waals surface area contributed by atoms with Crippen LogP contribution in [0.5, 0.6) is 0 Å². The van der Waals surface area contributed by atoms with Gasteiger partial charge < -0.3 is 9.80 Å². The van der Waals surface area contributed by atoms with E-state index in [2.05, 4.69) is 27.7 Å². The van der Waals surface area contributed by atoms with E-state index in [0.717, 1.165) is 75.8 Å². The lowest BCUT2D eigenvalue weighted by Gasteiger charge is -2.38. The van der Waals surface area contributed by atoms with E-state index in [-0.39, 0.29) is 5.92 Å². The quantitative estimate of drug-likeness (QED) is 0.836. The zero-order valence-corrected chi connectivity index (χ0v) is 15.3. The van der Waals surface area contributed by atoms with Crippen molar-refractivity contribution in [1.29, 1.82) is 0 Å². The normalized spacial score (nSPS) is 23.4. The van der Waals surface area contributed by atoms with Crippen LogP contribution in [0.2, 0.25) is 5.02 Å². The van der Waals surface area contributed by atoms with Crippen molar-refractivity contribution in [3.8, 4) is 0 Å². The number of likely N-dealkylation sites (tertiary alicyclic amines) is 1. The number of piperidine rings is 1. The average molecular weight is 350 g/mol. The number of carbonyl (C=O) groups is 1. The van der Waals surface area contributed by atoms with Crippen LogP contribution in [0.25, 0.3) is 0 Å². The van der Waals surface area contributed by atoms with E-state index >= 15 is 0 Å². The van der Waals surface area contributed by atoms with E-state index in [1.807, 2.05) is 18.2 Å². The van der Waals surface area contributed by atoms with E-state index in [4.69, 9.17) is 11.6 Å². The summed E-state index contributed by atoms with van der Waals surface area (Å²) in [6.45, 7) is 9.81. The summed E-state index contributed by atoms with van der Waals surface area (Å²) in [6.07, 6.45) is 2.11. The number of rotatable bonds is 4. The van der Waals surface area contributed by atoms with Crippen molar-refractivity contribution < 1.29 is 4.79 Å². The molecule has 1 atom stereocenters. The summed E-state index contributed by atoms with van der Waals surface area (Å²) in [5, 5.41) is 0.821. The van der Waals surface area contributed by atoms with Gasteiger partial charge in [-0.25, -0.2) is 0 Å². The van der Waals surface area contributed by atoms with E-state index in [0.29, 0.717) is 5.91 Å². The van der Waals surface area contributed by atoms with Crippen molar-refractivity contribution in [2.45, 2.75) is 26.3 Å². The number of halogens is 1. The first kappa shape index (κ1) is 17.7. The average Bonchev–Trinajstić information content (AvgIpc) is 2.63. The molecule has 1 aromatic carbocycles. The van der Waals surface area contributed by atoms with Crippen LogP contribution in [0.4, 0.5) is 0 Å². The van der Waals surface area contributed by atoms with Crippen molar-refractivity contribution in [2.24, 2.45) is 5.92 Å². The highest BCUT2D eigenvalue weighted by atomic mass is 35.5. The Labute approximate surface area is 150 Å². The molecule has 2 saturated heterocycles. The zero-order chi connectivity index (χ0) is 16.9. The lowest BCUT2D eigenvalue weighted by molar-refractivity contribution is -0.139. The lowest BCUT2D eigenvalue weighted by atomic mass is 9.95. The summed E-state index contributed by atoms with van der Waals surface area (Å²) >= 11 is 6.29. The monoisotopic (exact) mass is 349 g/mol. The molecular formula is C19H28ClN3O. The fourth-order valence-electron chi connectivity index (χ4n) is 3.81. The molecule has 132 valence electrons. The Kier molecular flexibility index (Phi) is 6.14. The molecule has 1 aromatic rings. The van der Waals surface area contributed by atoms with Crippen LogP contribution >= 0.6 is 11.6 Å². The Morgan fingerprint density at radius 2 is 1.88 bits per heavy atom. The molecule has 4 nitrogen and oxygen atoms in total. The Hall–Kier alpha value is -1.10. The molecule has 2 aliphatic rings. The van der Waals surface area contributed by atoms with Crippen molar-refractivity contribution >= 4 is 17.5 Å². The predicted octanol–water partition coefficient (Wildman–Crippen LogP) is 2.72. The van der Waals surface area contributed by atoms with Gasteiger partial charge in [0.05, 0.1) is 5.92 Å². The van der Waals surface area contributed by atoms with Gasteiger partial charge in [-0.05, 0) is 37.6 Å². The summed E-state index contributed by atoms with van der Waals surface area (Å²) in [4.78, 5) is 19.7. The maximum atomic E-state index is 12.9. The third kappa shape index (κ3) is 4.29. The smallest absolute Gasteiger partial charge is 0.227 e. The van der Waals surface area contributed by atoms with Gasteiger partial charge in [0.1, 0.15) is 0 Å². The predicted molar refractivity (Wildman–Crippen MR) is 98.1 cm³/mol. The standard InChI is InChI=1S/C19H28ClN3O/c1-2-21-10-12-23(13-11-21)19(24)17-7-5-9-22(15-17)14-16-6-3-4-8-18(16)20/h3-4,6,8,17H,2,5,7,9-15H2,1H3. The second kappa shape index (κ2) is 8.32. The highest BCUT2D eigenvalue weighted by molar-refractivity contribution is 6.31. The first-order valence-electron chi connectivity index (χ1n) is 9.14. The van der Waals surface area contributed by atoms with Gasteiger partial charge in [-0.1, -0.05) is 36.7 Å². The molecule has 0 aromatic heterocycles. The molecule has 5 heteroatoms. The van der Waals surface area contributed by atoms with Gasteiger partial charge in [0.25, 0.3) is 0 Å². The van der Waals surface area contributed by atoms with Crippen molar-refractivity contribution in [3.63, 3.8) is 0 Å². The maximum Gasteiger partial charge on any atom is 0.227 e. The van der Waals surface area contributed by atoms with Crippen LogP contribution in [0.15, 0.2) is 24.3 Å². The number of likely N-dealkylation sites (N-methyl/N-ethyl adjacent to an activating group) is 1. The Morgan fingerprint density at radius 3 is 2.58 bits per heavy atom. The van der Waals surface area contributed by atoms with Crippen LogP contribution in [-0.2, 0) is 11.3 Å². The Bertz CT molecular complexity index is 557. The number of nitrogens with zero attached hydrogens (tertiary/aromatic N) is 3. The summed E-state index contributed by atoms with van der Waals surface area (Å²) < 4.78 is 0. The largest absolute Gasteiger partial charge is 0.340 e. The molecule has 2 fully saturated rings. The minimum atomic E-state index is 0.148. The lowest BCUT2D eigenvalue weighted by Crippen LogP contribution is -2.52. The highest BCUT2D eigenvalue weighted by Gasteiger charge is 2.30. The SMILES string of the molecule is CCN1CCN(C(=O)C2CCCN(Cc3ccccc3Cl)C2)CC1. The summed E-state index contributed by atoms with van der Waals surface area (Å²) in [7, 11) is 0.